The molecule has 0 amide bonds. The Morgan fingerprint density at radius 1 is 0.800 bits per heavy atom. The van der Waals surface area contributed by atoms with Crippen LogP contribution in [0.3, 0.4) is 0 Å². The van der Waals surface area contributed by atoms with E-state index in [0.717, 1.165) is 39.8 Å². The quantitative estimate of drug-likeness (QED) is 0.463. The molecule has 1 nitrogen and oxygen atoms in total. The highest BCUT2D eigenvalue weighted by atomic mass is 16.1. The number of Topliss-reactive ketones (excluding diaryl/α,β-unsaturated/α-hetero) is 1. The number of hydrogen-bond donors (Lipinski definition) is 0. The summed E-state index contributed by atoms with van der Waals surface area (Å²) in [5.41, 5.74) is 11.2. The Labute approximate surface area is 152 Å². The molecular weight excluding hydrogens is 304 g/mol. The molecule has 2 aromatic rings. The van der Waals surface area contributed by atoms with Crippen LogP contribution in [-0.2, 0) is 6.42 Å². The summed E-state index contributed by atoms with van der Waals surface area (Å²) in [5, 5.41) is 0. The van der Waals surface area contributed by atoms with Crippen LogP contribution in [0.2, 0.25) is 0 Å². The summed E-state index contributed by atoms with van der Waals surface area (Å²) < 4.78 is 0. The Hall–Kier alpha value is -2.15. The van der Waals surface area contributed by atoms with Gasteiger partial charge in [-0.3, -0.25) is 4.79 Å². The molecule has 0 aromatic heterocycles. The van der Waals surface area contributed by atoms with Crippen molar-refractivity contribution in [2.45, 2.75) is 61.8 Å². The van der Waals surface area contributed by atoms with Crippen molar-refractivity contribution in [2.24, 2.45) is 0 Å². The van der Waals surface area contributed by atoms with E-state index >= 15 is 0 Å². The molecule has 132 valence electrons. The molecule has 0 heterocycles. The fourth-order valence-corrected chi connectivity index (χ4v) is 3.44. The molecule has 0 aliphatic carbocycles. The van der Waals surface area contributed by atoms with Crippen LogP contribution >= 0.6 is 0 Å². The van der Waals surface area contributed by atoms with Crippen LogP contribution in [0.4, 0.5) is 0 Å². The fourth-order valence-electron chi connectivity index (χ4n) is 3.44. The van der Waals surface area contributed by atoms with Crippen LogP contribution in [0, 0.1) is 34.6 Å². The summed E-state index contributed by atoms with van der Waals surface area (Å²) in [4.78, 5) is 13.2. The van der Waals surface area contributed by atoms with Gasteiger partial charge < -0.3 is 0 Å². The monoisotopic (exact) mass is 334 g/mol. The van der Waals surface area contributed by atoms with Gasteiger partial charge in [-0.2, -0.15) is 0 Å². The molecule has 0 spiro atoms. The zero-order valence-corrected chi connectivity index (χ0v) is 16.9. The SMILES string of the molecule is CCc1cc(C)c(C(=O)/C(C)=C(\C)c2cc(C)c(C)c(C)c2)c(C)c1. The lowest BCUT2D eigenvalue weighted by molar-refractivity contribution is 0.103. The average Bonchev–Trinajstić information content (AvgIpc) is 2.56. The van der Waals surface area contributed by atoms with Crippen molar-refractivity contribution in [1.82, 2.24) is 0 Å². The van der Waals surface area contributed by atoms with Crippen molar-refractivity contribution in [2.75, 3.05) is 0 Å². The minimum absolute atomic E-state index is 0.144. The number of rotatable bonds is 4. The molecule has 0 aliphatic rings. The number of carbonyl (C=O) groups is 1. The lowest BCUT2D eigenvalue weighted by atomic mass is 9.88. The lowest BCUT2D eigenvalue weighted by Gasteiger charge is -2.15. The third kappa shape index (κ3) is 3.76. The third-order valence-electron chi connectivity index (χ3n) is 5.49. The predicted molar refractivity (Wildman–Crippen MR) is 109 cm³/mol. The van der Waals surface area contributed by atoms with Gasteiger partial charge in [0.2, 0.25) is 0 Å². The Balaban J connectivity index is 2.54. The van der Waals surface area contributed by atoms with E-state index in [0.29, 0.717) is 0 Å². The van der Waals surface area contributed by atoms with Crippen molar-refractivity contribution >= 4 is 11.4 Å². The van der Waals surface area contributed by atoms with E-state index < -0.39 is 0 Å². The molecule has 0 unspecified atom stereocenters. The molecule has 0 atom stereocenters. The standard InChI is InChI=1S/C24H30O/c1-9-21-10-16(4)23(17(5)11-21)24(25)20(8)19(7)22-12-14(2)18(6)15(3)13-22/h10-13H,9H2,1-8H3/b20-19+. The van der Waals surface area contributed by atoms with Gasteiger partial charge in [0, 0.05) is 11.1 Å². The lowest BCUT2D eigenvalue weighted by Crippen LogP contribution is -2.08. The van der Waals surface area contributed by atoms with Gasteiger partial charge in [-0.05, 0) is 99.4 Å². The number of ketones is 1. The molecule has 25 heavy (non-hydrogen) atoms. The molecule has 1 heteroatoms. The van der Waals surface area contributed by atoms with E-state index in [1.807, 2.05) is 20.8 Å². The molecule has 0 bridgehead atoms. The number of benzene rings is 2. The summed E-state index contributed by atoms with van der Waals surface area (Å²) >= 11 is 0. The van der Waals surface area contributed by atoms with Gasteiger partial charge in [0.15, 0.2) is 5.78 Å². The average molecular weight is 335 g/mol. The van der Waals surface area contributed by atoms with Crippen LogP contribution in [-0.4, -0.2) is 5.78 Å². The first kappa shape index (κ1) is 19.2. The molecule has 0 saturated heterocycles. The Kier molecular flexibility index (Phi) is 5.67. The van der Waals surface area contributed by atoms with Gasteiger partial charge >= 0.3 is 0 Å². The molecule has 0 saturated carbocycles. The minimum atomic E-state index is 0.144. The Morgan fingerprint density at radius 3 is 1.72 bits per heavy atom. The first-order chi connectivity index (χ1) is 11.7. The maximum Gasteiger partial charge on any atom is 0.189 e. The van der Waals surface area contributed by atoms with Crippen LogP contribution in [0.5, 0.6) is 0 Å². The maximum absolute atomic E-state index is 13.2. The van der Waals surface area contributed by atoms with E-state index in [2.05, 4.69) is 58.9 Å². The molecule has 0 fully saturated rings. The number of allylic oxidation sites excluding steroid dienone is 2. The second kappa shape index (κ2) is 7.39. The zero-order chi connectivity index (χ0) is 18.9. The summed E-state index contributed by atoms with van der Waals surface area (Å²) in [7, 11) is 0. The van der Waals surface area contributed by atoms with E-state index in [-0.39, 0.29) is 5.78 Å². The van der Waals surface area contributed by atoms with E-state index in [9.17, 15) is 4.79 Å². The highest BCUT2D eigenvalue weighted by Crippen LogP contribution is 2.27. The van der Waals surface area contributed by atoms with Crippen molar-refractivity contribution < 1.29 is 4.79 Å². The van der Waals surface area contributed by atoms with Crippen LogP contribution in [0.1, 0.15) is 70.1 Å². The second-order valence-electron chi connectivity index (χ2n) is 7.27. The molecular formula is C24H30O. The van der Waals surface area contributed by atoms with E-state index in [4.69, 9.17) is 0 Å². The molecule has 0 N–H and O–H groups in total. The highest BCUT2D eigenvalue weighted by Gasteiger charge is 2.17. The second-order valence-corrected chi connectivity index (χ2v) is 7.27. The highest BCUT2D eigenvalue weighted by molar-refractivity contribution is 6.14. The summed E-state index contributed by atoms with van der Waals surface area (Å²) in [6, 6.07) is 8.66. The largest absolute Gasteiger partial charge is 0.289 e. The maximum atomic E-state index is 13.2. The van der Waals surface area contributed by atoms with Gasteiger partial charge in [0.25, 0.3) is 0 Å². The van der Waals surface area contributed by atoms with Crippen LogP contribution in [0.15, 0.2) is 29.8 Å². The smallest absolute Gasteiger partial charge is 0.189 e. The topological polar surface area (TPSA) is 17.1 Å². The third-order valence-corrected chi connectivity index (χ3v) is 5.49. The van der Waals surface area contributed by atoms with Gasteiger partial charge in [0.05, 0.1) is 0 Å². The molecule has 2 rings (SSSR count). The predicted octanol–water partition coefficient (Wildman–Crippen LogP) is 6.47. The van der Waals surface area contributed by atoms with E-state index in [1.54, 1.807) is 0 Å². The molecule has 0 aliphatic heterocycles. The van der Waals surface area contributed by atoms with Crippen molar-refractivity contribution in [3.63, 3.8) is 0 Å². The summed E-state index contributed by atoms with van der Waals surface area (Å²) in [6.07, 6.45) is 0.992. The molecule has 0 radical (unpaired) electrons. The first-order valence-corrected chi connectivity index (χ1v) is 9.07. The summed E-state index contributed by atoms with van der Waals surface area (Å²) in [6.45, 7) is 16.7. The fraction of sp³-hybridized carbons (Fsp3) is 0.375. The first-order valence-electron chi connectivity index (χ1n) is 9.07. The number of carbonyl (C=O) groups excluding carboxylic acids is 1. The van der Waals surface area contributed by atoms with E-state index in [1.165, 1.54) is 22.3 Å². The minimum Gasteiger partial charge on any atom is -0.289 e. The van der Waals surface area contributed by atoms with Crippen molar-refractivity contribution in [1.29, 1.82) is 0 Å². The Morgan fingerprint density at radius 2 is 1.28 bits per heavy atom. The van der Waals surface area contributed by atoms with Gasteiger partial charge in [-0.15, -0.1) is 0 Å². The zero-order valence-electron chi connectivity index (χ0n) is 16.9. The van der Waals surface area contributed by atoms with Crippen LogP contribution in [0.25, 0.3) is 5.57 Å². The van der Waals surface area contributed by atoms with Gasteiger partial charge in [0.1, 0.15) is 0 Å². The van der Waals surface area contributed by atoms with Crippen molar-refractivity contribution in [3.05, 3.63) is 74.3 Å². The number of hydrogen-bond acceptors (Lipinski definition) is 1. The molecule has 2 aromatic carbocycles. The van der Waals surface area contributed by atoms with Gasteiger partial charge in [-0.25, -0.2) is 0 Å². The number of aryl methyl sites for hydroxylation is 5. The van der Waals surface area contributed by atoms with Crippen molar-refractivity contribution in [3.8, 4) is 0 Å². The Bertz CT molecular complexity index is 820. The van der Waals surface area contributed by atoms with Gasteiger partial charge in [-0.1, -0.05) is 31.2 Å². The normalized spacial score (nSPS) is 12.2. The summed E-state index contributed by atoms with van der Waals surface area (Å²) in [5.74, 6) is 0.144. The van der Waals surface area contributed by atoms with Crippen LogP contribution < -0.4 is 0 Å².